The Balaban J connectivity index is 0.000000213. The van der Waals surface area contributed by atoms with Gasteiger partial charge in [-0.1, -0.05) is 101 Å². The molecule has 2 unspecified atom stereocenters. The van der Waals surface area contributed by atoms with E-state index in [2.05, 4.69) is 61.9 Å². The first-order valence-corrected chi connectivity index (χ1v) is 34.2. The number of ether oxygens (including phenoxy) is 4. The Morgan fingerprint density at radius 2 is 0.969 bits per heavy atom. The lowest BCUT2D eigenvalue weighted by Crippen LogP contribution is -2.36. The molecule has 0 bridgehead atoms. The number of hydrogen-bond acceptors (Lipinski definition) is 18. The number of aromatic nitrogens is 6. The molecule has 98 heavy (non-hydrogen) atoms. The first-order valence-electron chi connectivity index (χ1n) is 32.2. The van der Waals surface area contributed by atoms with Crippen LogP contribution in [0, 0.1) is 11.6 Å². The van der Waals surface area contributed by atoms with Crippen molar-refractivity contribution in [2.24, 2.45) is 14.1 Å². The van der Waals surface area contributed by atoms with Gasteiger partial charge in [-0.05, 0) is 146 Å². The van der Waals surface area contributed by atoms with Gasteiger partial charge in [-0.25, -0.2) is 37.9 Å². The first-order chi connectivity index (χ1) is 46.8. The number of anilines is 6. The highest BCUT2D eigenvalue weighted by Gasteiger charge is 2.32. The van der Waals surface area contributed by atoms with E-state index in [0.29, 0.717) is 67.9 Å². The van der Waals surface area contributed by atoms with Crippen LogP contribution < -0.4 is 41.7 Å². The second-order valence-electron chi connectivity index (χ2n) is 25.8. The summed E-state index contributed by atoms with van der Waals surface area (Å²) in [5, 5.41) is 26.7. The highest BCUT2D eigenvalue weighted by Crippen LogP contribution is 2.44. The number of carbonyl (C=O) groups is 6. The van der Waals surface area contributed by atoms with E-state index in [0.717, 1.165) is 77.9 Å². The Labute approximate surface area is 579 Å². The summed E-state index contributed by atoms with van der Waals surface area (Å²) in [5.41, 5.74) is 2.27. The topological polar surface area (TPSA) is 279 Å². The molecule has 3 aliphatic rings. The largest absolute Gasteiger partial charge is 0.445 e. The van der Waals surface area contributed by atoms with Crippen molar-refractivity contribution >= 4 is 103 Å². The molecule has 24 nitrogen and oxygen atoms in total. The van der Waals surface area contributed by atoms with Gasteiger partial charge < -0.3 is 50.0 Å². The van der Waals surface area contributed by atoms with Crippen molar-refractivity contribution in [2.45, 2.75) is 135 Å². The average Bonchev–Trinajstić information content (AvgIpc) is 1.65. The number of rotatable bonds is 17. The minimum absolute atomic E-state index is 0.0731. The molecule has 1 saturated carbocycles. The van der Waals surface area contributed by atoms with Crippen LogP contribution in [0.25, 0.3) is 21.1 Å². The molecule has 518 valence electrons. The number of hydrogen-bond donors (Lipinski definition) is 6. The van der Waals surface area contributed by atoms with Gasteiger partial charge in [-0.15, -0.1) is 0 Å². The van der Waals surface area contributed by atoms with Gasteiger partial charge in [-0.3, -0.25) is 29.6 Å². The fraction of sp³-hybridized carbons (Fsp3) is 0.391. The van der Waals surface area contributed by atoms with E-state index in [9.17, 15) is 33.2 Å². The zero-order chi connectivity index (χ0) is 69.8. The molecule has 2 aliphatic heterocycles. The highest BCUT2D eigenvalue weighted by atomic mass is 35.5. The maximum absolute atomic E-state index is 15.1. The van der Waals surface area contributed by atoms with E-state index in [1.54, 1.807) is 83.3 Å². The molecule has 0 radical (unpaired) electrons. The SMILES string of the molecule is Cn1ncc(NC(=O)c2nc(-c3cc(C4CC4)ccc3F)sc2NC(=O)OC(C)(C)C)c1N1CCCC(NC(=O)OCc2ccccc2)CC1.Cn1ncc(NC(=O)c2nc(-c3cc(Cl)ccc3F)sc2NC(=O)OC(C)(C)C)c1N1CCCC(NC(=O)OCc2ccccc2)CC1. The Morgan fingerprint density at radius 1 is 0.541 bits per heavy atom. The third-order valence-electron chi connectivity index (χ3n) is 15.8. The molecular formula is C69H79ClF2N14O10S2. The molecule has 29 heteroatoms. The number of benzene rings is 4. The molecule has 3 fully saturated rings. The van der Waals surface area contributed by atoms with E-state index in [1.807, 2.05) is 60.7 Å². The smallest absolute Gasteiger partial charge is 0.412 e. The lowest BCUT2D eigenvalue weighted by Gasteiger charge is -2.24. The van der Waals surface area contributed by atoms with Crippen molar-refractivity contribution < 1.29 is 56.5 Å². The van der Waals surface area contributed by atoms with Crippen molar-refractivity contribution in [3.05, 3.63) is 154 Å². The minimum Gasteiger partial charge on any atom is -0.445 e. The maximum Gasteiger partial charge on any atom is 0.412 e. The summed E-state index contributed by atoms with van der Waals surface area (Å²) in [6.07, 6.45) is 7.06. The number of thiazole rings is 2. The van der Waals surface area contributed by atoms with Gasteiger partial charge in [0.2, 0.25) is 0 Å². The van der Waals surface area contributed by atoms with Crippen LogP contribution in [0.4, 0.5) is 61.0 Å². The summed E-state index contributed by atoms with van der Waals surface area (Å²) in [6, 6.07) is 27.8. The summed E-state index contributed by atoms with van der Waals surface area (Å²) in [5.74, 6) is -0.555. The number of alkyl carbamates (subject to hydrolysis) is 2. The molecule has 1 aliphatic carbocycles. The van der Waals surface area contributed by atoms with Gasteiger partial charge >= 0.3 is 24.4 Å². The molecule has 6 heterocycles. The van der Waals surface area contributed by atoms with Crippen molar-refractivity contribution in [3.8, 4) is 21.1 Å². The van der Waals surface area contributed by atoms with Crippen LogP contribution >= 0.6 is 34.3 Å². The van der Waals surface area contributed by atoms with Crippen LogP contribution in [0.1, 0.15) is 136 Å². The molecule has 11 rings (SSSR count). The van der Waals surface area contributed by atoms with Crippen molar-refractivity contribution in [1.29, 1.82) is 0 Å². The second kappa shape index (κ2) is 31.7. The summed E-state index contributed by atoms with van der Waals surface area (Å²) in [4.78, 5) is 91.3. The summed E-state index contributed by atoms with van der Waals surface area (Å²) >= 11 is 8.04. The number of carbonyl (C=O) groups excluding carboxylic acids is 6. The lowest BCUT2D eigenvalue weighted by molar-refractivity contribution is 0.0625. The van der Waals surface area contributed by atoms with Crippen molar-refractivity contribution in [1.82, 2.24) is 40.2 Å². The molecular weight excluding hydrogens is 1320 g/mol. The number of nitrogens with one attached hydrogen (secondary N) is 6. The lowest BCUT2D eigenvalue weighted by atomic mass is 10.1. The third-order valence-corrected chi connectivity index (χ3v) is 18.0. The Kier molecular flexibility index (Phi) is 23.0. The van der Waals surface area contributed by atoms with Gasteiger partial charge in [0, 0.05) is 68.5 Å². The van der Waals surface area contributed by atoms with Gasteiger partial charge in [-0.2, -0.15) is 10.2 Å². The van der Waals surface area contributed by atoms with E-state index in [1.165, 1.54) is 30.5 Å². The van der Waals surface area contributed by atoms with Gasteiger partial charge in [0.15, 0.2) is 23.0 Å². The van der Waals surface area contributed by atoms with Gasteiger partial charge in [0.05, 0.1) is 12.4 Å². The Morgan fingerprint density at radius 3 is 1.40 bits per heavy atom. The quantitative estimate of drug-likeness (QED) is 0.0462. The van der Waals surface area contributed by atoms with E-state index in [-0.39, 0.29) is 72.9 Å². The molecule has 2 saturated heterocycles. The van der Waals surface area contributed by atoms with Crippen molar-refractivity contribution in [3.63, 3.8) is 0 Å². The zero-order valence-electron chi connectivity index (χ0n) is 55.6. The van der Waals surface area contributed by atoms with Gasteiger partial charge in [0.25, 0.3) is 11.8 Å². The molecule has 2 atom stereocenters. The molecule has 8 aromatic rings. The van der Waals surface area contributed by atoms with Crippen LogP contribution in [0.2, 0.25) is 5.02 Å². The normalized spacial score (nSPS) is 15.7. The molecule has 4 aromatic carbocycles. The Hall–Kier alpha value is -9.67. The fourth-order valence-electron chi connectivity index (χ4n) is 11.1. The van der Waals surface area contributed by atoms with Crippen LogP contribution in [-0.2, 0) is 46.3 Å². The van der Waals surface area contributed by atoms with Crippen LogP contribution in [0.3, 0.4) is 0 Å². The average molecular weight is 1400 g/mol. The molecule has 4 aromatic heterocycles. The summed E-state index contributed by atoms with van der Waals surface area (Å²) in [6.45, 7) is 13.2. The highest BCUT2D eigenvalue weighted by molar-refractivity contribution is 7.20. The predicted molar refractivity (Wildman–Crippen MR) is 373 cm³/mol. The second-order valence-corrected chi connectivity index (χ2v) is 28.3. The number of nitrogens with zero attached hydrogens (tertiary/aromatic N) is 8. The predicted octanol–water partition coefficient (Wildman–Crippen LogP) is 14.7. The number of halogens is 3. The standard InChI is InChI=1S/C36H42FN7O5S.C33H37ClFN7O5S/c1-36(2,3)49-35(47)42-32-29(41-31(50-32)26-19-24(23-12-13-23)14-15-27(26)37)30(45)40-28-20-38-43(4)33(28)44-17-8-11-25(16-18-44)39-34(46)48-21-22-9-6-5-7-10-22;1-33(2,3)47-32(45)40-29-26(39-28(48-29)23-17-21(34)12-13-24(23)35)27(43)38-25-18-36-41(4)30(25)42-15-8-11-22(14-16-42)37-31(44)46-19-20-9-6-5-7-10-20/h5-7,9-10,14-15,19-20,23,25H,8,11-13,16-18,21H2,1-4H3,(H,39,46)(H,40,45)(H,42,47);5-7,9-10,12-13,17-18,22H,8,11,14-16,19H2,1-4H3,(H,37,44)(H,38,43)(H,40,45). The minimum atomic E-state index is -0.798. The molecule has 6 amide bonds. The maximum atomic E-state index is 15.1. The van der Waals surface area contributed by atoms with Crippen LogP contribution in [0.5, 0.6) is 0 Å². The van der Waals surface area contributed by atoms with E-state index in [4.69, 9.17) is 30.5 Å². The van der Waals surface area contributed by atoms with Crippen LogP contribution in [0.15, 0.2) is 109 Å². The summed E-state index contributed by atoms with van der Waals surface area (Å²) in [7, 11) is 3.56. The Bertz CT molecular complexity index is 4150. The summed E-state index contributed by atoms with van der Waals surface area (Å²) < 4.78 is 54.9. The zero-order valence-corrected chi connectivity index (χ0v) is 58.0. The third kappa shape index (κ3) is 19.5. The number of amides is 6. The molecule has 6 N–H and O–H groups in total. The van der Waals surface area contributed by atoms with Crippen LogP contribution in [-0.4, -0.2) is 115 Å². The fourth-order valence-corrected chi connectivity index (χ4v) is 13.2. The number of aryl methyl sites for hydroxylation is 2. The first kappa shape index (κ1) is 71.1. The molecule has 0 spiro atoms. The van der Waals surface area contributed by atoms with E-state index >= 15 is 4.39 Å². The van der Waals surface area contributed by atoms with E-state index < -0.39 is 59.0 Å². The monoisotopic (exact) mass is 1400 g/mol. The van der Waals surface area contributed by atoms with Crippen molar-refractivity contribution in [2.75, 3.05) is 57.2 Å². The van der Waals surface area contributed by atoms with Gasteiger partial charge in [0.1, 0.15) is 67.4 Å².